The molecule has 0 atom stereocenters. The molecule has 0 fully saturated rings. The number of aromatic nitrogens is 1. The molecule has 1 aromatic heterocycles. The fourth-order valence-electron chi connectivity index (χ4n) is 2.77. The van der Waals surface area contributed by atoms with Gasteiger partial charge in [-0.25, -0.2) is 13.1 Å². The topological polar surface area (TPSA) is 68.2 Å². The molecule has 1 heterocycles. The highest BCUT2D eigenvalue weighted by atomic mass is 79.9. The summed E-state index contributed by atoms with van der Waals surface area (Å²) < 4.78 is 29.6. The highest BCUT2D eigenvalue weighted by Gasteiger charge is 2.20. The summed E-state index contributed by atoms with van der Waals surface area (Å²) in [6.45, 7) is 3.99. The lowest BCUT2D eigenvalue weighted by Gasteiger charge is -2.08. The minimum absolute atomic E-state index is 0.0306. The number of benzene rings is 2. The lowest BCUT2D eigenvalue weighted by atomic mass is 10.1. The first-order chi connectivity index (χ1) is 11.7. The zero-order chi connectivity index (χ0) is 18.4. The normalized spacial score (nSPS) is 11.7. The third kappa shape index (κ3) is 3.21. The minimum Gasteiger partial charge on any atom is -0.348 e. The third-order valence-corrected chi connectivity index (χ3v) is 6.23. The zero-order valence-electron chi connectivity index (χ0n) is 14.0. The predicted octanol–water partition coefficient (Wildman–Crippen LogP) is 3.68. The number of rotatable bonds is 3. The lowest BCUT2D eigenvalue weighted by molar-refractivity contribution is 0.0981. The number of hydrogen-bond acceptors (Lipinski definition) is 3. The number of nitrogens with zero attached hydrogens (tertiary/aromatic N) is 1. The number of aryl methyl sites for hydroxylation is 2. The van der Waals surface area contributed by atoms with Crippen LogP contribution in [0.3, 0.4) is 0 Å². The van der Waals surface area contributed by atoms with Gasteiger partial charge in [-0.1, -0.05) is 22.0 Å². The van der Waals surface area contributed by atoms with Crippen molar-refractivity contribution in [1.29, 1.82) is 0 Å². The molecule has 1 amide bonds. The van der Waals surface area contributed by atoms with Crippen molar-refractivity contribution in [3.8, 4) is 0 Å². The standard InChI is InChI=1S/C18H17BrN2O3S/c1-11-12(2)21(3)17-8-7-13(9-16(11)17)18(22)20-25(23,24)15-6-4-5-14(19)10-15/h4-10H,1-3H3,(H,20,22). The summed E-state index contributed by atoms with van der Waals surface area (Å²) in [5.41, 5.74) is 3.48. The number of halogens is 1. The monoisotopic (exact) mass is 420 g/mol. The third-order valence-electron chi connectivity index (χ3n) is 4.40. The van der Waals surface area contributed by atoms with E-state index in [2.05, 4.69) is 20.7 Å². The van der Waals surface area contributed by atoms with E-state index >= 15 is 0 Å². The molecule has 3 rings (SSSR count). The van der Waals surface area contributed by atoms with Crippen molar-refractivity contribution in [2.24, 2.45) is 7.05 Å². The number of sulfonamides is 1. The Kier molecular flexibility index (Phi) is 4.47. The van der Waals surface area contributed by atoms with E-state index in [1.807, 2.05) is 31.5 Å². The second-order valence-electron chi connectivity index (χ2n) is 5.89. The van der Waals surface area contributed by atoms with Gasteiger partial charge in [0.1, 0.15) is 0 Å². The number of nitrogens with one attached hydrogen (secondary N) is 1. The summed E-state index contributed by atoms with van der Waals surface area (Å²) in [5, 5.41) is 0.938. The Labute approximate surface area is 154 Å². The molecule has 1 N–H and O–H groups in total. The number of fused-ring (bicyclic) bond motifs is 1. The molecular weight excluding hydrogens is 404 g/mol. The van der Waals surface area contributed by atoms with Crippen molar-refractivity contribution in [2.75, 3.05) is 0 Å². The van der Waals surface area contributed by atoms with Gasteiger partial charge in [-0.3, -0.25) is 4.79 Å². The first-order valence-corrected chi connectivity index (χ1v) is 9.86. The van der Waals surface area contributed by atoms with Crippen LogP contribution >= 0.6 is 15.9 Å². The second kappa shape index (κ2) is 6.31. The van der Waals surface area contributed by atoms with Crippen LogP contribution in [0.4, 0.5) is 0 Å². The molecule has 0 radical (unpaired) electrons. The van der Waals surface area contributed by atoms with Crippen LogP contribution in [0.15, 0.2) is 51.8 Å². The molecule has 25 heavy (non-hydrogen) atoms. The maximum Gasteiger partial charge on any atom is 0.265 e. The largest absolute Gasteiger partial charge is 0.348 e. The van der Waals surface area contributed by atoms with Crippen LogP contribution in [-0.2, 0) is 17.1 Å². The van der Waals surface area contributed by atoms with E-state index in [9.17, 15) is 13.2 Å². The Hall–Kier alpha value is -2.12. The van der Waals surface area contributed by atoms with Gasteiger partial charge < -0.3 is 4.57 Å². The molecule has 0 saturated heterocycles. The summed E-state index contributed by atoms with van der Waals surface area (Å²) in [7, 11) is -1.97. The van der Waals surface area contributed by atoms with E-state index in [-0.39, 0.29) is 4.90 Å². The molecule has 0 aliphatic rings. The molecule has 0 aliphatic carbocycles. The van der Waals surface area contributed by atoms with Gasteiger partial charge in [-0.05, 0) is 55.8 Å². The molecule has 2 aromatic carbocycles. The smallest absolute Gasteiger partial charge is 0.265 e. The minimum atomic E-state index is -3.93. The number of carbonyl (C=O) groups excluding carboxylic acids is 1. The first-order valence-electron chi connectivity index (χ1n) is 7.59. The molecule has 7 heteroatoms. The van der Waals surface area contributed by atoms with E-state index in [1.165, 1.54) is 12.1 Å². The average molecular weight is 421 g/mol. The van der Waals surface area contributed by atoms with Crippen LogP contribution in [0.1, 0.15) is 21.6 Å². The highest BCUT2D eigenvalue weighted by molar-refractivity contribution is 9.10. The van der Waals surface area contributed by atoms with Gasteiger partial charge in [-0.2, -0.15) is 0 Å². The van der Waals surface area contributed by atoms with Gasteiger partial charge >= 0.3 is 0 Å². The second-order valence-corrected chi connectivity index (χ2v) is 8.49. The summed E-state index contributed by atoms with van der Waals surface area (Å²) in [6, 6.07) is 11.4. The maximum atomic E-state index is 12.5. The summed E-state index contributed by atoms with van der Waals surface area (Å²) in [5.74, 6) is -0.650. The maximum absolute atomic E-state index is 12.5. The van der Waals surface area contributed by atoms with E-state index in [4.69, 9.17) is 0 Å². The highest BCUT2D eigenvalue weighted by Crippen LogP contribution is 2.25. The Morgan fingerprint density at radius 3 is 2.52 bits per heavy atom. The van der Waals surface area contributed by atoms with E-state index in [1.54, 1.807) is 24.3 Å². The molecule has 5 nitrogen and oxygen atoms in total. The molecule has 0 aliphatic heterocycles. The van der Waals surface area contributed by atoms with Gasteiger partial charge in [0.05, 0.1) is 4.90 Å². The SMILES string of the molecule is Cc1c(C)n(C)c2ccc(C(=O)NS(=O)(=O)c3cccc(Br)c3)cc12. The molecule has 3 aromatic rings. The van der Waals surface area contributed by atoms with E-state index < -0.39 is 15.9 Å². The Balaban J connectivity index is 1.96. The quantitative estimate of drug-likeness (QED) is 0.702. The van der Waals surface area contributed by atoms with Crippen LogP contribution in [0.25, 0.3) is 10.9 Å². The van der Waals surface area contributed by atoms with Gasteiger partial charge in [0, 0.05) is 33.7 Å². The van der Waals surface area contributed by atoms with E-state index in [0.717, 1.165) is 22.2 Å². The lowest BCUT2D eigenvalue weighted by Crippen LogP contribution is -2.30. The van der Waals surface area contributed by atoms with Crippen molar-refractivity contribution >= 4 is 42.8 Å². The number of carbonyl (C=O) groups is 1. The van der Waals surface area contributed by atoms with E-state index in [0.29, 0.717) is 10.0 Å². The van der Waals surface area contributed by atoms with Crippen LogP contribution < -0.4 is 4.72 Å². The zero-order valence-corrected chi connectivity index (χ0v) is 16.4. The van der Waals surface area contributed by atoms with Crippen molar-refractivity contribution in [3.05, 3.63) is 63.8 Å². The number of hydrogen-bond donors (Lipinski definition) is 1. The van der Waals surface area contributed by atoms with Crippen molar-refractivity contribution in [2.45, 2.75) is 18.7 Å². The van der Waals surface area contributed by atoms with Gasteiger partial charge in [0.25, 0.3) is 15.9 Å². The molecule has 0 unspecified atom stereocenters. The number of amides is 1. The summed E-state index contributed by atoms with van der Waals surface area (Å²) in [6.07, 6.45) is 0. The Morgan fingerprint density at radius 2 is 1.84 bits per heavy atom. The molecule has 0 saturated carbocycles. The molecule has 130 valence electrons. The first kappa shape index (κ1) is 17.7. The average Bonchev–Trinajstić information content (AvgIpc) is 2.79. The van der Waals surface area contributed by atoms with Crippen LogP contribution in [0.5, 0.6) is 0 Å². The summed E-state index contributed by atoms with van der Waals surface area (Å²) >= 11 is 3.23. The van der Waals surface area contributed by atoms with Crippen molar-refractivity contribution < 1.29 is 13.2 Å². The van der Waals surface area contributed by atoms with Gasteiger partial charge in [0.15, 0.2) is 0 Å². The molecule has 0 bridgehead atoms. The Bertz CT molecular complexity index is 1100. The van der Waals surface area contributed by atoms with Crippen molar-refractivity contribution in [1.82, 2.24) is 9.29 Å². The van der Waals surface area contributed by atoms with Crippen molar-refractivity contribution in [3.63, 3.8) is 0 Å². The molecular formula is C18H17BrN2O3S. The van der Waals surface area contributed by atoms with Crippen LogP contribution in [0.2, 0.25) is 0 Å². The van der Waals surface area contributed by atoms with Crippen LogP contribution in [0, 0.1) is 13.8 Å². The van der Waals surface area contributed by atoms with Gasteiger partial charge in [0.2, 0.25) is 0 Å². The Morgan fingerprint density at radius 1 is 1.12 bits per heavy atom. The summed E-state index contributed by atoms with van der Waals surface area (Å²) in [4.78, 5) is 12.5. The van der Waals surface area contributed by atoms with Crippen LogP contribution in [-0.4, -0.2) is 18.9 Å². The molecule has 0 spiro atoms. The predicted molar refractivity (Wildman–Crippen MR) is 101 cm³/mol. The fraction of sp³-hybridized carbons (Fsp3) is 0.167. The fourth-order valence-corrected chi connectivity index (χ4v) is 4.34. The van der Waals surface area contributed by atoms with Gasteiger partial charge in [-0.15, -0.1) is 0 Å².